The monoisotopic (exact) mass is 299 g/mol. The molecule has 112 valence electrons. The molecule has 4 nitrogen and oxygen atoms in total. The van der Waals surface area contributed by atoms with Crippen molar-refractivity contribution in [3.05, 3.63) is 28.8 Å². The van der Waals surface area contributed by atoms with Crippen molar-refractivity contribution in [3.8, 4) is 5.75 Å². The maximum Gasteiger partial charge on any atom is 0.344 e. The fourth-order valence-electron chi connectivity index (χ4n) is 1.95. The first-order chi connectivity index (χ1) is 9.49. The highest BCUT2D eigenvalue weighted by Crippen LogP contribution is 2.29. The third kappa shape index (κ3) is 4.69. The zero-order valence-corrected chi connectivity index (χ0v) is 12.9. The second-order valence-electron chi connectivity index (χ2n) is 4.70. The third-order valence-corrected chi connectivity index (χ3v) is 3.36. The molecule has 5 heteroatoms. The lowest BCUT2D eigenvalue weighted by molar-refractivity contribution is -0.145. The minimum Gasteiger partial charge on any atom is -0.479 e. The van der Waals surface area contributed by atoms with Crippen molar-refractivity contribution in [1.29, 1.82) is 0 Å². The lowest BCUT2D eigenvalue weighted by Gasteiger charge is -2.17. The van der Waals surface area contributed by atoms with E-state index < -0.39 is 12.1 Å². The average molecular weight is 300 g/mol. The SMILES string of the molecule is CCCC(Oc1ccc(C(C)NCC)cc1Cl)C(=O)O. The van der Waals surface area contributed by atoms with Crippen LogP contribution in [0.25, 0.3) is 0 Å². The first-order valence-electron chi connectivity index (χ1n) is 6.91. The average Bonchev–Trinajstić information content (AvgIpc) is 2.40. The number of halogens is 1. The zero-order chi connectivity index (χ0) is 15.1. The number of hydrogen-bond acceptors (Lipinski definition) is 3. The van der Waals surface area contributed by atoms with Gasteiger partial charge in [-0.15, -0.1) is 0 Å². The summed E-state index contributed by atoms with van der Waals surface area (Å²) < 4.78 is 5.49. The Balaban J connectivity index is 2.84. The molecular formula is C15H22ClNO3. The summed E-state index contributed by atoms with van der Waals surface area (Å²) in [5.74, 6) is -0.548. The standard InChI is InChI=1S/C15H22ClNO3/c1-4-6-14(15(18)19)20-13-8-7-11(9-12(13)16)10(3)17-5-2/h7-10,14,17H,4-6H2,1-3H3,(H,18,19). The molecule has 0 radical (unpaired) electrons. The maximum absolute atomic E-state index is 11.1. The molecule has 0 aromatic heterocycles. The summed E-state index contributed by atoms with van der Waals surface area (Å²) in [5, 5.41) is 12.8. The topological polar surface area (TPSA) is 58.6 Å². The molecule has 0 aliphatic carbocycles. The smallest absolute Gasteiger partial charge is 0.344 e. The summed E-state index contributed by atoms with van der Waals surface area (Å²) in [7, 11) is 0. The van der Waals surface area contributed by atoms with Gasteiger partial charge in [-0.25, -0.2) is 4.79 Å². The number of carboxylic acid groups (broad SMARTS) is 1. The van der Waals surface area contributed by atoms with E-state index in [0.717, 1.165) is 18.5 Å². The van der Waals surface area contributed by atoms with E-state index in [1.807, 2.05) is 32.9 Å². The maximum atomic E-state index is 11.1. The summed E-state index contributed by atoms with van der Waals surface area (Å²) in [4.78, 5) is 11.1. The van der Waals surface area contributed by atoms with Crippen LogP contribution in [-0.2, 0) is 4.79 Å². The zero-order valence-electron chi connectivity index (χ0n) is 12.1. The molecule has 0 bridgehead atoms. The number of carboxylic acids is 1. The van der Waals surface area contributed by atoms with E-state index in [4.69, 9.17) is 21.4 Å². The van der Waals surface area contributed by atoms with Gasteiger partial charge in [-0.05, 0) is 37.6 Å². The molecule has 0 aliphatic rings. The van der Waals surface area contributed by atoms with Crippen LogP contribution in [0.3, 0.4) is 0 Å². The predicted molar refractivity (Wildman–Crippen MR) is 80.5 cm³/mol. The summed E-state index contributed by atoms with van der Waals surface area (Å²) >= 11 is 6.18. The lowest BCUT2D eigenvalue weighted by atomic mass is 10.1. The van der Waals surface area contributed by atoms with Crippen molar-refractivity contribution in [3.63, 3.8) is 0 Å². The Hall–Kier alpha value is -1.26. The van der Waals surface area contributed by atoms with Gasteiger partial charge in [-0.1, -0.05) is 37.9 Å². The molecule has 1 aromatic carbocycles. The van der Waals surface area contributed by atoms with Gasteiger partial charge < -0.3 is 15.2 Å². The van der Waals surface area contributed by atoms with E-state index >= 15 is 0 Å². The van der Waals surface area contributed by atoms with Crippen LogP contribution >= 0.6 is 11.6 Å². The number of carbonyl (C=O) groups is 1. The number of hydrogen-bond donors (Lipinski definition) is 2. The molecule has 0 saturated carbocycles. The largest absolute Gasteiger partial charge is 0.479 e. The molecular weight excluding hydrogens is 278 g/mol. The van der Waals surface area contributed by atoms with Crippen LogP contribution in [-0.4, -0.2) is 23.7 Å². The highest BCUT2D eigenvalue weighted by atomic mass is 35.5. The number of ether oxygens (including phenoxy) is 1. The Morgan fingerprint density at radius 2 is 2.15 bits per heavy atom. The molecule has 0 aliphatic heterocycles. The van der Waals surface area contributed by atoms with Crippen molar-refractivity contribution in [2.24, 2.45) is 0 Å². The molecule has 0 fully saturated rings. The molecule has 0 amide bonds. The molecule has 2 unspecified atom stereocenters. The minimum absolute atomic E-state index is 0.192. The number of aliphatic carboxylic acids is 1. The van der Waals surface area contributed by atoms with Gasteiger partial charge in [0, 0.05) is 6.04 Å². The van der Waals surface area contributed by atoms with Crippen molar-refractivity contribution >= 4 is 17.6 Å². The quantitative estimate of drug-likeness (QED) is 0.769. The van der Waals surface area contributed by atoms with Crippen LogP contribution in [0.15, 0.2) is 18.2 Å². The van der Waals surface area contributed by atoms with Crippen LogP contribution in [0, 0.1) is 0 Å². The second-order valence-corrected chi connectivity index (χ2v) is 5.11. The molecule has 20 heavy (non-hydrogen) atoms. The number of nitrogens with one attached hydrogen (secondary N) is 1. The van der Waals surface area contributed by atoms with Crippen LogP contribution in [0.2, 0.25) is 5.02 Å². The van der Waals surface area contributed by atoms with Gasteiger partial charge in [-0.2, -0.15) is 0 Å². The van der Waals surface area contributed by atoms with E-state index in [1.54, 1.807) is 6.07 Å². The summed E-state index contributed by atoms with van der Waals surface area (Å²) in [6, 6.07) is 5.64. The Bertz CT molecular complexity index is 451. The van der Waals surface area contributed by atoms with Gasteiger partial charge in [0.15, 0.2) is 6.10 Å². The van der Waals surface area contributed by atoms with Crippen LogP contribution in [0.1, 0.15) is 45.2 Å². The van der Waals surface area contributed by atoms with Crippen molar-refractivity contribution in [1.82, 2.24) is 5.32 Å². The van der Waals surface area contributed by atoms with Crippen molar-refractivity contribution in [2.45, 2.75) is 45.8 Å². The van der Waals surface area contributed by atoms with Crippen LogP contribution in [0.4, 0.5) is 0 Å². The van der Waals surface area contributed by atoms with Gasteiger partial charge in [0.2, 0.25) is 0 Å². The summed E-state index contributed by atoms with van der Waals surface area (Å²) in [6.45, 7) is 6.88. The van der Waals surface area contributed by atoms with Crippen molar-refractivity contribution in [2.75, 3.05) is 6.54 Å². The van der Waals surface area contributed by atoms with E-state index in [0.29, 0.717) is 17.2 Å². The van der Waals surface area contributed by atoms with E-state index in [-0.39, 0.29) is 6.04 Å². The first-order valence-corrected chi connectivity index (χ1v) is 7.29. The Labute approximate surface area is 125 Å². The molecule has 2 N–H and O–H groups in total. The highest BCUT2D eigenvalue weighted by molar-refractivity contribution is 6.32. The summed E-state index contributed by atoms with van der Waals surface area (Å²) in [5.41, 5.74) is 1.05. The lowest BCUT2D eigenvalue weighted by Crippen LogP contribution is -2.26. The van der Waals surface area contributed by atoms with Crippen molar-refractivity contribution < 1.29 is 14.6 Å². The van der Waals surface area contributed by atoms with Crippen LogP contribution < -0.4 is 10.1 Å². The minimum atomic E-state index is -0.965. The molecule has 0 heterocycles. The molecule has 2 atom stereocenters. The Morgan fingerprint density at radius 1 is 1.45 bits per heavy atom. The fraction of sp³-hybridized carbons (Fsp3) is 0.533. The second kappa shape index (κ2) is 8.12. The fourth-order valence-corrected chi connectivity index (χ4v) is 2.19. The predicted octanol–water partition coefficient (Wildman–Crippen LogP) is 3.64. The Kier molecular flexibility index (Phi) is 6.82. The van der Waals surface area contributed by atoms with Gasteiger partial charge in [0.05, 0.1) is 5.02 Å². The molecule has 0 spiro atoms. The van der Waals surface area contributed by atoms with E-state index in [9.17, 15) is 4.79 Å². The number of rotatable bonds is 8. The van der Waals surface area contributed by atoms with E-state index in [2.05, 4.69) is 5.32 Å². The number of benzene rings is 1. The van der Waals surface area contributed by atoms with E-state index in [1.165, 1.54) is 0 Å². The summed E-state index contributed by atoms with van der Waals surface area (Å²) in [6.07, 6.45) is 0.347. The van der Waals surface area contributed by atoms with Gasteiger partial charge in [0.1, 0.15) is 5.75 Å². The van der Waals surface area contributed by atoms with Crippen LogP contribution in [0.5, 0.6) is 5.75 Å². The third-order valence-electron chi connectivity index (χ3n) is 3.06. The van der Waals surface area contributed by atoms with Gasteiger partial charge >= 0.3 is 5.97 Å². The Morgan fingerprint density at radius 3 is 2.65 bits per heavy atom. The first kappa shape index (κ1) is 16.8. The normalized spacial score (nSPS) is 13.8. The highest BCUT2D eigenvalue weighted by Gasteiger charge is 2.19. The molecule has 0 saturated heterocycles. The van der Waals surface area contributed by atoms with Gasteiger partial charge in [0.25, 0.3) is 0 Å². The molecule has 1 rings (SSSR count). The van der Waals surface area contributed by atoms with Gasteiger partial charge in [-0.3, -0.25) is 0 Å². The molecule has 1 aromatic rings.